The van der Waals surface area contributed by atoms with E-state index in [4.69, 9.17) is 14.2 Å². The number of rotatable bonds is 12. The Kier molecular flexibility index (Phi) is 14.9. The molecule has 0 aliphatic carbocycles. The fourth-order valence-electron chi connectivity index (χ4n) is 3.14. The monoisotopic (exact) mass is 533 g/mol. The van der Waals surface area contributed by atoms with Crippen molar-refractivity contribution in [1.29, 1.82) is 0 Å². The largest absolute Gasteiger partial charge is 0.493 e. The third kappa shape index (κ3) is 11.4. The van der Waals surface area contributed by atoms with Crippen LogP contribution >= 0.6 is 24.0 Å². The molecule has 0 unspecified atom stereocenters. The van der Waals surface area contributed by atoms with E-state index in [1.54, 1.807) is 7.05 Å². The Morgan fingerprint density at radius 2 is 1.93 bits per heavy atom. The summed E-state index contributed by atoms with van der Waals surface area (Å²) in [5, 5.41) is 6.73. The van der Waals surface area contributed by atoms with E-state index in [9.17, 15) is 0 Å². The third-order valence-electron chi connectivity index (χ3n) is 5.05. The van der Waals surface area contributed by atoms with Crippen LogP contribution < -0.4 is 15.4 Å². The summed E-state index contributed by atoms with van der Waals surface area (Å²) in [5.41, 5.74) is 1.14. The van der Waals surface area contributed by atoms with Crippen LogP contribution in [-0.2, 0) is 16.0 Å². The molecule has 0 atom stereocenters. The summed E-state index contributed by atoms with van der Waals surface area (Å²) in [7, 11) is 1.79. The molecule has 1 aromatic rings. The molecule has 0 radical (unpaired) electrons. The van der Waals surface area contributed by atoms with E-state index in [0.717, 1.165) is 82.5 Å². The van der Waals surface area contributed by atoms with Crippen molar-refractivity contribution in [2.24, 2.45) is 16.8 Å². The normalized spacial score (nSPS) is 15.0. The lowest BCUT2D eigenvalue weighted by molar-refractivity contribution is 0.0203. The lowest BCUT2D eigenvalue weighted by atomic mass is 10.0. The van der Waals surface area contributed by atoms with Crippen LogP contribution in [0.1, 0.15) is 45.1 Å². The zero-order chi connectivity index (χ0) is 20.7. The van der Waals surface area contributed by atoms with Crippen LogP contribution in [0.5, 0.6) is 5.75 Å². The van der Waals surface area contributed by atoms with Gasteiger partial charge in [-0.05, 0) is 43.6 Å². The molecule has 1 saturated heterocycles. The quantitative estimate of drug-likeness (QED) is 0.182. The van der Waals surface area contributed by atoms with E-state index in [2.05, 4.69) is 35.5 Å². The highest BCUT2D eigenvalue weighted by Gasteiger charge is 2.13. The minimum absolute atomic E-state index is 0. The number of aliphatic imine (C=N–C) groups is 1. The van der Waals surface area contributed by atoms with Gasteiger partial charge in [0.15, 0.2) is 5.96 Å². The average Bonchev–Trinajstić information content (AvgIpc) is 2.74. The maximum absolute atomic E-state index is 5.96. The molecule has 6 nitrogen and oxygen atoms in total. The fraction of sp³-hybridized carbons (Fsp3) is 0.696. The van der Waals surface area contributed by atoms with Crippen molar-refractivity contribution in [2.75, 3.05) is 46.6 Å². The van der Waals surface area contributed by atoms with Gasteiger partial charge in [0.05, 0.1) is 6.61 Å². The molecule has 1 aromatic carbocycles. The lowest BCUT2D eigenvalue weighted by Crippen LogP contribution is -2.37. The second kappa shape index (κ2) is 16.6. The highest BCUT2D eigenvalue weighted by atomic mass is 127. The number of hydrogen-bond donors (Lipinski definition) is 2. The minimum atomic E-state index is 0. The number of para-hydroxylation sites is 1. The number of halogens is 1. The molecule has 0 spiro atoms. The van der Waals surface area contributed by atoms with Crippen molar-refractivity contribution < 1.29 is 14.2 Å². The first-order valence-electron chi connectivity index (χ1n) is 11.0. The molecular formula is C23H40IN3O3. The number of hydrogen-bond acceptors (Lipinski definition) is 4. The van der Waals surface area contributed by atoms with Crippen LogP contribution in [0.3, 0.4) is 0 Å². The molecule has 0 bridgehead atoms. The van der Waals surface area contributed by atoms with Crippen molar-refractivity contribution in [3.05, 3.63) is 29.8 Å². The topological polar surface area (TPSA) is 64.1 Å². The number of guanidine groups is 1. The average molecular weight is 533 g/mol. The van der Waals surface area contributed by atoms with Crippen LogP contribution in [0.4, 0.5) is 0 Å². The van der Waals surface area contributed by atoms with Gasteiger partial charge >= 0.3 is 0 Å². The van der Waals surface area contributed by atoms with Gasteiger partial charge in [0.1, 0.15) is 5.75 Å². The molecule has 1 aliphatic rings. The molecule has 0 amide bonds. The van der Waals surface area contributed by atoms with Crippen molar-refractivity contribution in [2.45, 2.75) is 46.1 Å². The Hall–Kier alpha value is -1.06. The van der Waals surface area contributed by atoms with Gasteiger partial charge in [0, 0.05) is 52.1 Å². The predicted octanol–water partition coefficient (Wildman–Crippen LogP) is 4.23. The molecule has 172 valence electrons. The van der Waals surface area contributed by atoms with Gasteiger partial charge in [0.2, 0.25) is 0 Å². The summed E-state index contributed by atoms with van der Waals surface area (Å²) in [6, 6.07) is 8.18. The predicted molar refractivity (Wildman–Crippen MR) is 134 cm³/mol. The Morgan fingerprint density at radius 1 is 1.17 bits per heavy atom. The summed E-state index contributed by atoms with van der Waals surface area (Å²) in [6.07, 6.45) is 4.26. The van der Waals surface area contributed by atoms with Crippen LogP contribution in [0.2, 0.25) is 0 Å². The third-order valence-corrected chi connectivity index (χ3v) is 5.05. The molecular weight excluding hydrogens is 493 g/mol. The standard InChI is InChI=1S/C23H39N3O3.HI/c1-19(2)9-16-29-22-8-5-4-7-21(22)17-26-23(24-3)25-12-6-13-28-18-20-10-14-27-15-11-20;/h4-5,7-8,19-20H,6,9-18H2,1-3H3,(H2,24,25,26);1H. The van der Waals surface area contributed by atoms with Gasteiger partial charge in [-0.3, -0.25) is 4.99 Å². The van der Waals surface area contributed by atoms with Crippen molar-refractivity contribution in [3.8, 4) is 5.75 Å². The van der Waals surface area contributed by atoms with Crippen molar-refractivity contribution in [3.63, 3.8) is 0 Å². The van der Waals surface area contributed by atoms with Gasteiger partial charge < -0.3 is 24.8 Å². The highest BCUT2D eigenvalue weighted by molar-refractivity contribution is 14.0. The Labute approximate surface area is 199 Å². The lowest BCUT2D eigenvalue weighted by Gasteiger charge is -2.21. The van der Waals surface area contributed by atoms with Gasteiger partial charge in [-0.2, -0.15) is 0 Å². The second-order valence-corrected chi connectivity index (χ2v) is 7.98. The highest BCUT2D eigenvalue weighted by Crippen LogP contribution is 2.18. The smallest absolute Gasteiger partial charge is 0.191 e. The number of nitrogens with zero attached hydrogens (tertiary/aromatic N) is 1. The molecule has 2 rings (SSSR count). The van der Waals surface area contributed by atoms with Crippen molar-refractivity contribution in [1.82, 2.24) is 10.6 Å². The summed E-state index contributed by atoms with van der Waals surface area (Å²) in [4.78, 5) is 4.31. The van der Waals surface area contributed by atoms with Crippen LogP contribution in [0, 0.1) is 11.8 Å². The molecule has 0 aromatic heterocycles. The summed E-state index contributed by atoms with van der Waals surface area (Å²) < 4.78 is 17.2. The molecule has 1 fully saturated rings. The fourth-order valence-corrected chi connectivity index (χ4v) is 3.14. The van der Waals surface area contributed by atoms with Crippen molar-refractivity contribution >= 4 is 29.9 Å². The van der Waals surface area contributed by atoms with Crippen LogP contribution in [-0.4, -0.2) is 52.6 Å². The first-order valence-corrected chi connectivity index (χ1v) is 11.0. The molecule has 7 heteroatoms. The Morgan fingerprint density at radius 3 is 2.67 bits per heavy atom. The van der Waals surface area contributed by atoms with Crippen LogP contribution in [0.25, 0.3) is 0 Å². The number of benzene rings is 1. The zero-order valence-corrected chi connectivity index (χ0v) is 21.2. The van der Waals surface area contributed by atoms with Crippen LogP contribution in [0.15, 0.2) is 29.3 Å². The van der Waals surface area contributed by atoms with E-state index in [1.165, 1.54) is 0 Å². The maximum Gasteiger partial charge on any atom is 0.191 e. The van der Waals surface area contributed by atoms with Gasteiger partial charge in [-0.1, -0.05) is 32.0 Å². The minimum Gasteiger partial charge on any atom is -0.493 e. The van der Waals surface area contributed by atoms with Gasteiger partial charge in [-0.25, -0.2) is 0 Å². The molecule has 1 heterocycles. The molecule has 1 aliphatic heterocycles. The summed E-state index contributed by atoms with van der Waals surface area (Å²) >= 11 is 0. The van der Waals surface area contributed by atoms with E-state index < -0.39 is 0 Å². The first kappa shape index (κ1) is 27.0. The second-order valence-electron chi connectivity index (χ2n) is 7.98. The number of ether oxygens (including phenoxy) is 3. The zero-order valence-electron chi connectivity index (χ0n) is 18.8. The summed E-state index contributed by atoms with van der Waals surface area (Å²) in [5.74, 6) is 3.04. The molecule has 0 saturated carbocycles. The first-order chi connectivity index (χ1) is 14.2. The maximum atomic E-state index is 5.96. The summed E-state index contributed by atoms with van der Waals surface area (Å²) in [6.45, 7) is 10.1. The molecule has 30 heavy (non-hydrogen) atoms. The number of nitrogens with one attached hydrogen (secondary N) is 2. The van der Waals surface area contributed by atoms with Gasteiger partial charge in [-0.15, -0.1) is 24.0 Å². The van der Waals surface area contributed by atoms with E-state index in [-0.39, 0.29) is 24.0 Å². The molecule has 2 N–H and O–H groups in total. The van der Waals surface area contributed by atoms with E-state index >= 15 is 0 Å². The van der Waals surface area contributed by atoms with Gasteiger partial charge in [0.25, 0.3) is 0 Å². The Bertz CT molecular complexity index is 593. The van der Waals surface area contributed by atoms with E-state index in [1.807, 2.05) is 18.2 Å². The Balaban J connectivity index is 0.00000450. The SMILES string of the molecule is CN=C(NCCCOCC1CCOCC1)NCc1ccccc1OCCC(C)C.I. The van der Waals surface area contributed by atoms with E-state index in [0.29, 0.717) is 18.4 Å².